The van der Waals surface area contributed by atoms with Crippen LogP contribution in [0.3, 0.4) is 0 Å². The molecule has 0 saturated carbocycles. The Labute approximate surface area is 111 Å². The third kappa shape index (κ3) is 3.99. The highest BCUT2D eigenvalue weighted by Crippen LogP contribution is 2.18. The number of carboxylic acid groups (broad SMARTS) is 1. The Morgan fingerprint density at radius 2 is 2.17 bits per heavy atom. The van der Waals surface area contributed by atoms with E-state index in [0.29, 0.717) is 11.2 Å². The Morgan fingerprint density at radius 1 is 1.50 bits per heavy atom. The van der Waals surface area contributed by atoms with Crippen LogP contribution in [0.1, 0.15) is 19.7 Å². The zero-order chi connectivity index (χ0) is 13.7. The van der Waals surface area contributed by atoms with Gasteiger partial charge in [0.1, 0.15) is 5.82 Å². The molecule has 0 aromatic carbocycles. The van der Waals surface area contributed by atoms with Gasteiger partial charge in [-0.15, -0.1) is 10.2 Å². The Hall–Kier alpha value is -1.08. The molecule has 0 fully saturated rings. The molecule has 0 saturated heterocycles. The highest BCUT2D eigenvalue weighted by molar-refractivity contribution is 7.99. The van der Waals surface area contributed by atoms with E-state index in [4.69, 9.17) is 5.11 Å². The molecule has 0 aliphatic carbocycles. The lowest BCUT2D eigenvalue weighted by Crippen LogP contribution is -2.30. The molecule has 1 heterocycles. The molecule has 7 heteroatoms. The first-order chi connectivity index (χ1) is 8.45. The summed E-state index contributed by atoms with van der Waals surface area (Å²) in [5, 5.41) is 17.6. The fourth-order valence-corrected chi connectivity index (χ4v) is 2.11. The fraction of sp³-hybridized carbons (Fsp3) is 0.727. The predicted molar refractivity (Wildman–Crippen MR) is 70.9 cm³/mol. The van der Waals surface area contributed by atoms with E-state index < -0.39 is 5.97 Å². The summed E-state index contributed by atoms with van der Waals surface area (Å²) >= 11 is 1.22. The van der Waals surface area contributed by atoms with Gasteiger partial charge in [-0.25, -0.2) is 0 Å². The summed E-state index contributed by atoms with van der Waals surface area (Å²) < 4.78 is 2.01. The smallest absolute Gasteiger partial charge is 0.313 e. The average Bonchev–Trinajstić information content (AvgIpc) is 2.68. The van der Waals surface area contributed by atoms with E-state index in [0.717, 1.165) is 18.8 Å². The van der Waals surface area contributed by atoms with Crippen molar-refractivity contribution in [3.05, 3.63) is 5.82 Å². The number of aryl methyl sites for hydroxylation is 1. The van der Waals surface area contributed by atoms with Gasteiger partial charge >= 0.3 is 5.97 Å². The normalized spacial score (nSPS) is 12.9. The van der Waals surface area contributed by atoms with Crippen molar-refractivity contribution in [2.75, 3.05) is 19.8 Å². The van der Waals surface area contributed by atoms with Crippen LogP contribution in [0.25, 0.3) is 0 Å². The Bertz CT molecular complexity index is 406. The largest absolute Gasteiger partial charge is 0.481 e. The summed E-state index contributed by atoms with van der Waals surface area (Å²) in [6.45, 7) is 4.91. The molecule has 1 aromatic heterocycles. The Kier molecular flexibility index (Phi) is 5.61. The van der Waals surface area contributed by atoms with Gasteiger partial charge in [-0.2, -0.15) is 0 Å². The van der Waals surface area contributed by atoms with Gasteiger partial charge in [0.2, 0.25) is 0 Å². The maximum absolute atomic E-state index is 10.6. The molecule has 1 unspecified atom stereocenters. The number of aromatic nitrogens is 3. The lowest BCUT2D eigenvalue weighted by atomic mass is 10.3. The minimum atomic E-state index is -0.840. The second-order valence-corrected chi connectivity index (χ2v) is 5.30. The van der Waals surface area contributed by atoms with Gasteiger partial charge in [0, 0.05) is 19.0 Å². The van der Waals surface area contributed by atoms with Crippen LogP contribution in [0.15, 0.2) is 5.16 Å². The van der Waals surface area contributed by atoms with Crippen LogP contribution in [0.2, 0.25) is 0 Å². The van der Waals surface area contributed by atoms with Crippen molar-refractivity contribution in [1.29, 1.82) is 0 Å². The van der Waals surface area contributed by atoms with Crippen molar-refractivity contribution in [1.82, 2.24) is 19.7 Å². The number of hydrogen-bond donors (Lipinski definition) is 1. The van der Waals surface area contributed by atoms with Crippen molar-refractivity contribution >= 4 is 17.7 Å². The molecular weight excluding hydrogens is 252 g/mol. The van der Waals surface area contributed by atoms with Crippen molar-refractivity contribution in [3.8, 4) is 0 Å². The Morgan fingerprint density at radius 3 is 2.67 bits per heavy atom. The summed E-state index contributed by atoms with van der Waals surface area (Å²) in [6.07, 6.45) is 0.792. The SMILES string of the molecule is CCc1nnc(SCC(=O)O)n1CC(C)N(C)C. The minimum absolute atomic E-state index is 0.0121. The molecule has 0 aliphatic rings. The first-order valence-corrected chi connectivity index (χ1v) is 6.87. The van der Waals surface area contributed by atoms with Crippen molar-refractivity contribution in [3.63, 3.8) is 0 Å². The topological polar surface area (TPSA) is 71.2 Å². The van der Waals surface area contributed by atoms with Crippen LogP contribution in [0.5, 0.6) is 0 Å². The molecule has 102 valence electrons. The first-order valence-electron chi connectivity index (χ1n) is 5.88. The molecule has 1 aromatic rings. The number of likely N-dealkylation sites (N-methyl/N-ethyl adjacent to an activating group) is 1. The van der Waals surface area contributed by atoms with Gasteiger partial charge in [0.05, 0.1) is 5.75 Å². The van der Waals surface area contributed by atoms with Gasteiger partial charge in [0.25, 0.3) is 0 Å². The summed E-state index contributed by atoms with van der Waals surface area (Å²) in [5.74, 6) is 0.0721. The van der Waals surface area contributed by atoms with Gasteiger partial charge in [0.15, 0.2) is 5.16 Å². The van der Waals surface area contributed by atoms with Gasteiger partial charge in [-0.3, -0.25) is 4.79 Å². The molecule has 0 amide bonds. The monoisotopic (exact) mass is 272 g/mol. The molecule has 0 radical (unpaired) electrons. The summed E-state index contributed by atoms with van der Waals surface area (Å²) in [5.41, 5.74) is 0. The second kappa shape index (κ2) is 6.75. The minimum Gasteiger partial charge on any atom is -0.481 e. The van der Waals surface area contributed by atoms with Crippen LogP contribution in [-0.2, 0) is 17.8 Å². The van der Waals surface area contributed by atoms with Crippen LogP contribution in [-0.4, -0.2) is 56.6 Å². The quantitative estimate of drug-likeness (QED) is 0.746. The van der Waals surface area contributed by atoms with Gasteiger partial charge < -0.3 is 14.6 Å². The highest BCUT2D eigenvalue weighted by Gasteiger charge is 2.15. The number of thioether (sulfide) groups is 1. The molecule has 1 N–H and O–H groups in total. The highest BCUT2D eigenvalue weighted by atomic mass is 32.2. The van der Waals surface area contributed by atoms with E-state index in [1.807, 2.05) is 25.6 Å². The molecular formula is C11H20N4O2S. The van der Waals surface area contributed by atoms with E-state index in [1.54, 1.807) is 0 Å². The van der Waals surface area contributed by atoms with E-state index in [9.17, 15) is 4.79 Å². The number of carbonyl (C=O) groups is 1. The summed E-state index contributed by atoms with van der Waals surface area (Å²) in [4.78, 5) is 12.7. The molecule has 0 aliphatic heterocycles. The molecule has 6 nitrogen and oxygen atoms in total. The van der Waals surface area contributed by atoms with Crippen LogP contribution in [0.4, 0.5) is 0 Å². The van der Waals surface area contributed by atoms with Crippen LogP contribution in [0, 0.1) is 0 Å². The van der Waals surface area contributed by atoms with Crippen molar-refractivity contribution < 1.29 is 9.90 Å². The third-order valence-electron chi connectivity index (χ3n) is 2.76. The van der Waals surface area contributed by atoms with Crippen LogP contribution < -0.4 is 0 Å². The van der Waals surface area contributed by atoms with E-state index in [1.165, 1.54) is 11.8 Å². The lowest BCUT2D eigenvalue weighted by molar-refractivity contribution is -0.133. The third-order valence-corrected chi connectivity index (χ3v) is 3.71. The van der Waals surface area contributed by atoms with Crippen molar-refractivity contribution in [2.24, 2.45) is 0 Å². The number of carboxylic acids is 1. The fourth-order valence-electron chi connectivity index (χ4n) is 1.42. The Balaban J connectivity index is 2.84. The van der Waals surface area contributed by atoms with Gasteiger partial charge in [-0.1, -0.05) is 18.7 Å². The lowest BCUT2D eigenvalue weighted by Gasteiger charge is -2.21. The zero-order valence-corrected chi connectivity index (χ0v) is 12.1. The number of rotatable bonds is 7. The summed E-state index contributed by atoms with van der Waals surface area (Å²) in [6, 6.07) is 0.343. The van der Waals surface area contributed by atoms with E-state index >= 15 is 0 Å². The number of aliphatic carboxylic acids is 1. The number of hydrogen-bond acceptors (Lipinski definition) is 5. The maximum Gasteiger partial charge on any atom is 0.313 e. The van der Waals surface area contributed by atoms with Gasteiger partial charge in [-0.05, 0) is 21.0 Å². The predicted octanol–water partition coefficient (Wildman–Crippen LogP) is 0.967. The molecule has 18 heavy (non-hydrogen) atoms. The second-order valence-electron chi connectivity index (χ2n) is 4.36. The van der Waals surface area contributed by atoms with E-state index in [2.05, 4.69) is 22.0 Å². The maximum atomic E-state index is 10.6. The average molecular weight is 272 g/mol. The zero-order valence-electron chi connectivity index (χ0n) is 11.3. The molecule has 1 rings (SSSR count). The molecule has 0 bridgehead atoms. The number of nitrogens with zero attached hydrogens (tertiary/aromatic N) is 4. The van der Waals surface area contributed by atoms with Crippen LogP contribution >= 0.6 is 11.8 Å². The van der Waals surface area contributed by atoms with Crippen molar-refractivity contribution in [2.45, 2.75) is 38.0 Å². The summed E-state index contributed by atoms with van der Waals surface area (Å²) in [7, 11) is 4.04. The molecule has 1 atom stereocenters. The first kappa shape index (κ1) is 15.0. The standard InChI is InChI=1S/C11H20N4O2S/c1-5-9-12-13-11(18-7-10(16)17)15(9)6-8(2)14(3)4/h8H,5-7H2,1-4H3,(H,16,17). The molecule has 0 spiro atoms. The van der Waals surface area contributed by atoms with E-state index in [-0.39, 0.29) is 5.75 Å².